The summed E-state index contributed by atoms with van der Waals surface area (Å²) in [5.74, 6) is -7.03. The third-order valence-electron chi connectivity index (χ3n) is 6.49. The summed E-state index contributed by atoms with van der Waals surface area (Å²) in [4.78, 5) is 9.23. The lowest BCUT2D eigenvalue weighted by molar-refractivity contribution is -0.0650. The summed E-state index contributed by atoms with van der Waals surface area (Å²) in [7, 11) is -7.56. The number of benzene rings is 1. The molecule has 2 aromatic rings. The zero-order valence-electron chi connectivity index (χ0n) is 18.0. The monoisotopic (exact) mass is 520 g/mol. The topological polar surface area (TPSA) is 109 Å². The van der Waals surface area contributed by atoms with Crippen molar-refractivity contribution in [1.82, 2.24) is 14.7 Å². The van der Waals surface area contributed by atoms with Crippen molar-refractivity contribution in [3.05, 3.63) is 35.0 Å². The number of hydrogen-bond donors (Lipinski definition) is 1. The third-order valence-corrected chi connectivity index (χ3v) is 9.00. The maximum absolute atomic E-state index is 14.6. The van der Waals surface area contributed by atoms with E-state index in [1.54, 1.807) is 0 Å². The second-order valence-corrected chi connectivity index (χ2v) is 12.7. The van der Waals surface area contributed by atoms with Crippen LogP contribution < -0.4 is 9.62 Å². The van der Waals surface area contributed by atoms with Crippen LogP contribution in [0.3, 0.4) is 0 Å². The second kappa shape index (κ2) is 7.10. The largest absolute Gasteiger partial charge is 0.326 e. The Kier molecular flexibility index (Phi) is 4.89. The summed E-state index contributed by atoms with van der Waals surface area (Å²) in [6.07, 6.45) is 0.326. The number of rotatable bonds is 4. The van der Waals surface area contributed by atoms with Crippen molar-refractivity contribution in [2.45, 2.75) is 48.6 Å². The molecule has 0 amide bonds. The molecule has 0 bridgehead atoms. The molecule has 3 heterocycles. The van der Waals surface area contributed by atoms with Crippen molar-refractivity contribution in [3.63, 3.8) is 0 Å². The molecule has 1 saturated heterocycles. The van der Waals surface area contributed by atoms with E-state index in [4.69, 9.17) is 0 Å². The van der Waals surface area contributed by atoms with Gasteiger partial charge in [0.05, 0.1) is 41.2 Å². The van der Waals surface area contributed by atoms with Crippen LogP contribution in [0.1, 0.15) is 36.2 Å². The average Bonchev–Trinajstić information content (AvgIpc) is 3.16. The maximum Gasteiger partial charge on any atom is 0.290 e. The number of alkyl halides is 4. The highest BCUT2D eigenvalue weighted by atomic mass is 32.2. The number of nitrogens with zero attached hydrogens (tertiary/aromatic N) is 3. The molecular weight excluding hydrogens is 500 g/mol. The normalized spacial score (nSPS) is 26.1. The number of anilines is 1. The van der Waals surface area contributed by atoms with Crippen molar-refractivity contribution in [3.8, 4) is 11.3 Å². The van der Waals surface area contributed by atoms with E-state index in [2.05, 4.69) is 14.7 Å². The number of aromatic nitrogens is 2. The van der Waals surface area contributed by atoms with E-state index in [9.17, 15) is 34.4 Å². The molecule has 0 saturated carbocycles. The van der Waals surface area contributed by atoms with Crippen molar-refractivity contribution in [2.75, 3.05) is 23.5 Å². The Morgan fingerprint density at radius 1 is 1.18 bits per heavy atom. The lowest BCUT2D eigenvalue weighted by atomic mass is 10.00. The number of nitrogens with one attached hydrogen (secondary N) is 1. The first-order valence-electron chi connectivity index (χ1n) is 10.4. The first-order chi connectivity index (χ1) is 15.6. The van der Waals surface area contributed by atoms with E-state index >= 15 is 0 Å². The van der Waals surface area contributed by atoms with Gasteiger partial charge in [-0.05, 0) is 25.0 Å². The molecule has 0 radical (unpaired) electrons. The molecule has 1 aromatic heterocycles. The van der Waals surface area contributed by atoms with Gasteiger partial charge >= 0.3 is 0 Å². The standard InChI is InChI=1S/C20H20F4N4O4S2/c1-10-20(23,24)9-28(10)18-25-16(13-5-6-19(21,22)17(13)26-18)11-3-4-12-14(27-33(2,29)30)8-34(31,32)15(12)7-11/h3-4,7,10,14,27H,5-6,8-9H2,1-2H3/t10-,14?/m0/s1. The van der Waals surface area contributed by atoms with Gasteiger partial charge in [-0.15, -0.1) is 0 Å². The molecule has 34 heavy (non-hydrogen) atoms. The van der Waals surface area contributed by atoms with Gasteiger partial charge in [0.2, 0.25) is 16.0 Å². The van der Waals surface area contributed by atoms with Gasteiger partial charge in [0.25, 0.3) is 11.8 Å². The van der Waals surface area contributed by atoms with Crippen LogP contribution in [0.2, 0.25) is 0 Å². The Bertz CT molecular complexity index is 1430. The minimum Gasteiger partial charge on any atom is -0.326 e. The zero-order valence-corrected chi connectivity index (χ0v) is 19.7. The fourth-order valence-corrected chi connectivity index (χ4v) is 7.22. The van der Waals surface area contributed by atoms with Gasteiger partial charge in [-0.3, -0.25) is 0 Å². The van der Waals surface area contributed by atoms with Crippen LogP contribution in [0.5, 0.6) is 0 Å². The number of sulfonamides is 1. The van der Waals surface area contributed by atoms with Crippen molar-refractivity contribution < 1.29 is 34.4 Å². The van der Waals surface area contributed by atoms with Crippen LogP contribution in [0, 0.1) is 0 Å². The zero-order chi connectivity index (χ0) is 24.8. The van der Waals surface area contributed by atoms with E-state index in [-0.39, 0.29) is 39.6 Å². The van der Waals surface area contributed by atoms with Crippen molar-refractivity contribution in [2.24, 2.45) is 0 Å². The maximum atomic E-state index is 14.6. The number of hydrogen-bond acceptors (Lipinski definition) is 7. The molecule has 1 fully saturated rings. The first kappa shape index (κ1) is 23.4. The summed E-state index contributed by atoms with van der Waals surface area (Å²) < 4.78 is 108. The Morgan fingerprint density at radius 2 is 1.88 bits per heavy atom. The fraction of sp³-hybridized carbons (Fsp3) is 0.500. The smallest absolute Gasteiger partial charge is 0.290 e. The molecule has 1 aliphatic carbocycles. The predicted octanol–water partition coefficient (Wildman–Crippen LogP) is 2.40. The van der Waals surface area contributed by atoms with Crippen molar-refractivity contribution >= 4 is 25.8 Å². The first-order valence-corrected chi connectivity index (χ1v) is 13.9. The van der Waals surface area contributed by atoms with Crippen LogP contribution in [0.25, 0.3) is 11.3 Å². The van der Waals surface area contributed by atoms with Crippen LogP contribution in [-0.4, -0.2) is 57.3 Å². The molecule has 1 aromatic carbocycles. The second-order valence-electron chi connectivity index (χ2n) is 8.95. The summed E-state index contributed by atoms with van der Waals surface area (Å²) in [6.45, 7) is 0.532. The van der Waals surface area contributed by atoms with Gasteiger partial charge < -0.3 is 4.90 Å². The highest BCUT2D eigenvalue weighted by molar-refractivity contribution is 7.92. The van der Waals surface area contributed by atoms with E-state index in [0.717, 1.165) is 11.2 Å². The van der Waals surface area contributed by atoms with E-state index in [0.29, 0.717) is 0 Å². The van der Waals surface area contributed by atoms with E-state index < -0.39 is 68.2 Å². The molecule has 8 nitrogen and oxygen atoms in total. The SMILES string of the molecule is C[C@@H]1N(c2nc(-c3ccc4c(c3)S(=O)(=O)CC4NS(C)(=O)=O)c3c(n2)C(F)(F)CC3)CC1(F)F. The summed E-state index contributed by atoms with van der Waals surface area (Å²) in [5.41, 5.74) is 0.0863. The predicted molar refractivity (Wildman–Crippen MR) is 114 cm³/mol. The molecule has 2 aliphatic heterocycles. The Balaban J connectivity index is 1.64. The molecule has 0 spiro atoms. The Hall–Kier alpha value is -2.32. The lowest BCUT2D eigenvalue weighted by Crippen LogP contribution is -2.64. The van der Waals surface area contributed by atoms with Crippen LogP contribution >= 0.6 is 0 Å². The Labute approximate surface area is 193 Å². The summed E-state index contributed by atoms with van der Waals surface area (Å²) >= 11 is 0. The van der Waals surface area contributed by atoms with Gasteiger partial charge in [-0.25, -0.2) is 40.3 Å². The van der Waals surface area contributed by atoms with Gasteiger partial charge in [0, 0.05) is 17.5 Å². The van der Waals surface area contributed by atoms with Crippen LogP contribution in [0.15, 0.2) is 23.1 Å². The van der Waals surface area contributed by atoms with Crippen molar-refractivity contribution in [1.29, 1.82) is 0 Å². The average molecular weight is 521 g/mol. The molecule has 14 heteroatoms. The molecule has 5 rings (SSSR count). The molecular formula is C20H20F4N4O4S2. The van der Waals surface area contributed by atoms with Gasteiger partial charge in [0.1, 0.15) is 5.69 Å². The van der Waals surface area contributed by atoms with E-state index in [1.165, 1.54) is 25.1 Å². The number of halogens is 4. The van der Waals surface area contributed by atoms with E-state index in [1.807, 2.05) is 0 Å². The number of sulfone groups is 1. The van der Waals surface area contributed by atoms with Gasteiger partial charge in [-0.1, -0.05) is 12.1 Å². The number of fused-ring (bicyclic) bond motifs is 2. The Morgan fingerprint density at radius 3 is 2.50 bits per heavy atom. The molecule has 3 aliphatic rings. The highest BCUT2D eigenvalue weighted by Gasteiger charge is 2.54. The van der Waals surface area contributed by atoms with Crippen LogP contribution in [-0.2, 0) is 32.2 Å². The van der Waals surface area contributed by atoms with Crippen LogP contribution in [0.4, 0.5) is 23.5 Å². The quantitative estimate of drug-likeness (QED) is 0.617. The fourth-order valence-electron chi connectivity index (χ4n) is 4.63. The molecule has 184 valence electrons. The van der Waals surface area contributed by atoms with Gasteiger partial charge in [-0.2, -0.15) is 8.78 Å². The summed E-state index contributed by atoms with van der Waals surface area (Å²) in [6, 6.07) is 1.89. The third kappa shape index (κ3) is 3.66. The molecule has 1 N–H and O–H groups in total. The minimum absolute atomic E-state index is 0.0529. The van der Waals surface area contributed by atoms with Gasteiger partial charge in [0.15, 0.2) is 9.84 Å². The highest BCUT2D eigenvalue weighted by Crippen LogP contribution is 2.47. The summed E-state index contributed by atoms with van der Waals surface area (Å²) in [5, 5.41) is 0. The molecule has 1 unspecified atom stereocenters. The molecule has 2 atom stereocenters. The lowest BCUT2D eigenvalue weighted by Gasteiger charge is -2.45. The minimum atomic E-state index is -3.87.